The SMILES string of the molecule is [2H]CC(=O)OC[C@H]1OC(Oc2ccc(Br)cc2C)[C@@H](OC(=O)C[2H])[C@@H](OC(=O)C[2H])[C@@H]1OC(=O)C[2H]. The van der Waals surface area contributed by atoms with Gasteiger partial charge in [-0.3, -0.25) is 19.2 Å². The van der Waals surface area contributed by atoms with Crippen molar-refractivity contribution in [3.8, 4) is 5.75 Å². The normalized spacial score (nSPS) is 26.4. The Morgan fingerprint density at radius 1 is 0.938 bits per heavy atom. The lowest BCUT2D eigenvalue weighted by Gasteiger charge is -2.44. The number of esters is 4. The molecule has 0 radical (unpaired) electrons. The number of halogens is 1. The summed E-state index contributed by atoms with van der Waals surface area (Å²) in [7, 11) is 0. The highest BCUT2D eigenvalue weighted by Crippen LogP contribution is 2.32. The minimum absolute atomic E-state index is 0.282. The zero-order valence-electron chi connectivity index (χ0n) is 21.1. The Hall–Kier alpha value is -2.66. The van der Waals surface area contributed by atoms with Crippen LogP contribution in [-0.2, 0) is 42.9 Å². The number of hydrogen-bond acceptors (Lipinski definition) is 10. The predicted octanol–water partition coefficient (Wildman–Crippen LogP) is 2.22. The van der Waals surface area contributed by atoms with Crippen LogP contribution in [-0.4, -0.2) is 61.2 Å². The van der Waals surface area contributed by atoms with Crippen LogP contribution >= 0.6 is 15.9 Å². The summed E-state index contributed by atoms with van der Waals surface area (Å²) in [6, 6.07) is 4.98. The molecule has 1 heterocycles. The van der Waals surface area contributed by atoms with E-state index in [0.717, 1.165) is 4.47 Å². The van der Waals surface area contributed by atoms with E-state index in [1.54, 1.807) is 25.1 Å². The predicted molar refractivity (Wildman–Crippen MR) is 111 cm³/mol. The van der Waals surface area contributed by atoms with Crippen molar-refractivity contribution >= 4 is 39.8 Å². The third-order valence-corrected chi connectivity index (χ3v) is 4.68. The van der Waals surface area contributed by atoms with Crippen LogP contribution in [0.2, 0.25) is 0 Å². The van der Waals surface area contributed by atoms with Crippen molar-refractivity contribution in [3.05, 3.63) is 28.2 Å². The molecule has 1 saturated heterocycles. The Labute approximate surface area is 199 Å². The van der Waals surface area contributed by atoms with Gasteiger partial charge in [-0.15, -0.1) is 0 Å². The van der Waals surface area contributed by atoms with E-state index in [2.05, 4.69) is 15.9 Å². The monoisotopic (exact) mass is 520 g/mol. The molecule has 1 unspecified atom stereocenters. The van der Waals surface area contributed by atoms with Gasteiger partial charge in [-0.1, -0.05) is 15.9 Å². The van der Waals surface area contributed by atoms with E-state index in [0.29, 0.717) is 5.56 Å². The molecule has 10 nitrogen and oxygen atoms in total. The second-order valence-corrected chi connectivity index (χ2v) is 7.53. The lowest BCUT2D eigenvalue weighted by Crippen LogP contribution is -2.63. The van der Waals surface area contributed by atoms with Crippen molar-refractivity contribution in [1.82, 2.24) is 0 Å². The van der Waals surface area contributed by atoms with Crippen LogP contribution in [0.25, 0.3) is 0 Å². The van der Waals surface area contributed by atoms with Crippen LogP contribution in [0, 0.1) is 6.92 Å². The van der Waals surface area contributed by atoms with E-state index in [1.165, 1.54) is 0 Å². The molecule has 1 aromatic carbocycles. The molecule has 1 fully saturated rings. The minimum atomic E-state index is -1.61. The smallest absolute Gasteiger partial charge is 0.303 e. The molecule has 5 atom stereocenters. The van der Waals surface area contributed by atoms with Crippen molar-refractivity contribution in [2.45, 2.75) is 65.2 Å². The highest BCUT2D eigenvalue weighted by atomic mass is 79.9. The molecule has 176 valence electrons. The van der Waals surface area contributed by atoms with Crippen LogP contribution in [0.1, 0.15) is 38.6 Å². The summed E-state index contributed by atoms with van der Waals surface area (Å²) >= 11 is 3.33. The maximum Gasteiger partial charge on any atom is 0.303 e. The molecule has 0 spiro atoms. The Kier molecular flexibility index (Phi) is 7.04. The number of carbonyl (C=O) groups is 4. The van der Waals surface area contributed by atoms with E-state index >= 15 is 0 Å². The van der Waals surface area contributed by atoms with Crippen molar-refractivity contribution < 1.29 is 53.1 Å². The van der Waals surface area contributed by atoms with E-state index in [-0.39, 0.29) is 5.75 Å². The molecule has 0 aromatic heterocycles. The van der Waals surface area contributed by atoms with E-state index in [4.69, 9.17) is 33.9 Å². The summed E-state index contributed by atoms with van der Waals surface area (Å²) in [6.07, 6.45) is -7.58. The fourth-order valence-corrected chi connectivity index (χ4v) is 3.49. The van der Waals surface area contributed by atoms with Gasteiger partial charge in [0.15, 0.2) is 12.2 Å². The highest BCUT2D eigenvalue weighted by molar-refractivity contribution is 9.10. The topological polar surface area (TPSA) is 124 Å². The Bertz CT molecular complexity index is 949. The van der Waals surface area contributed by atoms with Crippen LogP contribution in [0.4, 0.5) is 0 Å². The Morgan fingerprint density at radius 3 is 2.12 bits per heavy atom. The fraction of sp³-hybridized carbons (Fsp3) is 0.524. The summed E-state index contributed by atoms with van der Waals surface area (Å²) in [5.74, 6) is -3.80. The largest absolute Gasteiger partial charge is 0.463 e. The van der Waals surface area contributed by atoms with Gasteiger partial charge in [-0.25, -0.2) is 0 Å². The summed E-state index contributed by atoms with van der Waals surface area (Å²) in [5, 5.41) is 0. The molecule has 0 amide bonds. The van der Waals surface area contributed by atoms with Gasteiger partial charge in [-0.2, -0.15) is 0 Å². The second kappa shape index (κ2) is 11.3. The van der Waals surface area contributed by atoms with E-state index < -0.39 is 88.8 Å². The van der Waals surface area contributed by atoms with Gasteiger partial charge in [0, 0.05) is 37.6 Å². The first-order chi connectivity index (χ1) is 17.1. The third kappa shape index (κ3) is 7.20. The number of ether oxygens (including phenoxy) is 6. The molecule has 0 saturated carbocycles. The van der Waals surface area contributed by atoms with Crippen molar-refractivity contribution in [1.29, 1.82) is 0 Å². The number of carbonyl (C=O) groups excluding carboxylic acids is 4. The van der Waals surface area contributed by atoms with Gasteiger partial charge in [0.05, 0.1) is 0 Å². The van der Waals surface area contributed by atoms with E-state index in [9.17, 15) is 19.2 Å². The molecule has 32 heavy (non-hydrogen) atoms. The fourth-order valence-electron chi connectivity index (χ4n) is 3.01. The lowest BCUT2D eigenvalue weighted by atomic mass is 9.98. The maximum atomic E-state index is 12.1. The van der Waals surface area contributed by atoms with Gasteiger partial charge < -0.3 is 28.4 Å². The minimum Gasteiger partial charge on any atom is -0.463 e. The summed E-state index contributed by atoms with van der Waals surface area (Å²) < 4.78 is 62.2. The molecule has 0 bridgehead atoms. The van der Waals surface area contributed by atoms with Crippen molar-refractivity contribution in [3.63, 3.8) is 0 Å². The number of rotatable bonds is 7. The van der Waals surface area contributed by atoms with E-state index in [1.807, 2.05) is 0 Å². The van der Waals surface area contributed by atoms with Gasteiger partial charge in [0.25, 0.3) is 0 Å². The molecule has 0 N–H and O–H groups in total. The third-order valence-electron chi connectivity index (χ3n) is 4.18. The highest BCUT2D eigenvalue weighted by Gasteiger charge is 2.53. The standard InChI is InChI=1S/C21H25BrO10/c1-10-8-15(22)6-7-16(10)31-21-20(30-14(5)26)19(29-13(4)25)18(28-12(3)24)17(32-21)9-27-11(2)23/h6-8,17-21H,9H2,1-5H3/t17-,18-,19+,20+,21?/m1/s1/i2D,3D,4D,5D. The quantitative estimate of drug-likeness (QED) is 0.390. The second-order valence-electron chi connectivity index (χ2n) is 6.62. The molecule has 0 aliphatic carbocycles. The number of aryl methyl sites for hydroxylation is 1. The first-order valence-corrected chi connectivity index (χ1v) is 9.92. The zero-order valence-corrected chi connectivity index (χ0v) is 18.7. The zero-order chi connectivity index (χ0) is 26.8. The van der Waals surface area contributed by atoms with Gasteiger partial charge >= 0.3 is 23.9 Å². The average molecular weight is 521 g/mol. The van der Waals surface area contributed by atoms with Gasteiger partial charge in [-0.05, 0) is 30.7 Å². The van der Waals surface area contributed by atoms with Gasteiger partial charge in [0.1, 0.15) is 18.5 Å². The Balaban J connectivity index is 2.53. The molecule has 1 aromatic rings. The summed E-state index contributed by atoms with van der Waals surface area (Å²) in [4.78, 5) is 47.8. The lowest BCUT2D eigenvalue weighted by molar-refractivity contribution is -0.288. The van der Waals surface area contributed by atoms with Gasteiger partial charge in [0.2, 0.25) is 12.4 Å². The summed E-state index contributed by atoms with van der Waals surface area (Å²) in [5.41, 5.74) is 0.637. The first-order valence-electron chi connectivity index (χ1n) is 12.0. The van der Waals surface area contributed by atoms with Crippen LogP contribution in [0.15, 0.2) is 22.7 Å². The van der Waals surface area contributed by atoms with Crippen molar-refractivity contribution in [2.24, 2.45) is 0 Å². The van der Waals surface area contributed by atoms with Crippen LogP contribution in [0.5, 0.6) is 5.75 Å². The molecule has 1 aliphatic rings. The Morgan fingerprint density at radius 2 is 1.53 bits per heavy atom. The number of hydrogen-bond donors (Lipinski definition) is 0. The molecular weight excluding hydrogens is 492 g/mol. The van der Waals surface area contributed by atoms with Crippen LogP contribution in [0.3, 0.4) is 0 Å². The number of benzene rings is 1. The molecule has 1 aliphatic heterocycles. The van der Waals surface area contributed by atoms with Crippen molar-refractivity contribution in [2.75, 3.05) is 6.61 Å². The maximum absolute atomic E-state index is 12.1. The molecule has 2 rings (SSSR count). The molecule has 11 heteroatoms. The molecular formula is C21H25BrO10. The van der Waals surface area contributed by atoms with Crippen LogP contribution < -0.4 is 4.74 Å². The first kappa shape index (κ1) is 20.0. The average Bonchev–Trinajstić information content (AvgIpc) is 2.86. The summed E-state index contributed by atoms with van der Waals surface area (Å²) in [6.45, 7) is -2.00.